The summed E-state index contributed by atoms with van der Waals surface area (Å²) in [6.07, 6.45) is 2.31. The van der Waals surface area contributed by atoms with Gasteiger partial charge in [0.1, 0.15) is 12.4 Å². The molecule has 1 aliphatic heterocycles. The predicted octanol–water partition coefficient (Wildman–Crippen LogP) is 3.87. The number of benzene rings is 3. The molecule has 0 spiro atoms. The van der Waals surface area contributed by atoms with Crippen LogP contribution in [-0.4, -0.2) is 22.0 Å². The first-order valence-corrected chi connectivity index (χ1v) is 9.98. The van der Waals surface area contributed by atoms with Crippen LogP contribution in [0.1, 0.15) is 5.56 Å². The van der Waals surface area contributed by atoms with Gasteiger partial charge in [-0.2, -0.15) is 0 Å². The summed E-state index contributed by atoms with van der Waals surface area (Å²) >= 11 is 0. The van der Waals surface area contributed by atoms with Crippen molar-refractivity contribution in [2.75, 3.05) is 16.8 Å². The van der Waals surface area contributed by atoms with E-state index in [0.29, 0.717) is 11.2 Å². The zero-order chi connectivity index (χ0) is 21.4. The number of hydrogen-bond donors (Lipinski definition) is 1. The second-order valence-electron chi connectivity index (χ2n) is 7.46. The van der Waals surface area contributed by atoms with Crippen molar-refractivity contribution in [3.63, 3.8) is 0 Å². The third-order valence-electron chi connectivity index (χ3n) is 5.45. The Balaban J connectivity index is 1.30. The van der Waals surface area contributed by atoms with Gasteiger partial charge in [-0.1, -0.05) is 18.2 Å². The first-order chi connectivity index (χ1) is 15.1. The molecular formula is C24H19FN4O2. The second-order valence-corrected chi connectivity index (χ2v) is 7.46. The molecule has 0 fully saturated rings. The Morgan fingerprint density at radius 2 is 1.87 bits per heavy atom. The van der Waals surface area contributed by atoms with Crippen LogP contribution >= 0.6 is 0 Å². The average Bonchev–Trinajstić information content (AvgIpc) is 3.21. The fourth-order valence-corrected chi connectivity index (χ4v) is 3.93. The molecule has 31 heavy (non-hydrogen) atoms. The maximum atomic E-state index is 13.5. The number of rotatable bonds is 4. The lowest BCUT2D eigenvalue weighted by Crippen LogP contribution is -2.28. The zero-order valence-electron chi connectivity index (χ0n) is 16.6. The van der Waals surface area contributed by atoms with Gasteiger partial charge in [-0.15, -0.1) is 0 Å². The molecule has 0 saturated carbocycles. The minimum Gasteiger partial charge on any atom is -0.341 e. The van der Waals surface area contributed by atoms with E-state index in [0.717, 1.165) is 24.7 Å². The SMILES string of the molecule is O=C(Cn1cnc2ccc(F)cc2c1=O)Nc1ccc(N2CCc3ccccc32)cc1. The maximum absolute atomic E-state index is 13.5. The van der Waals surface area contributed by atoms with Gasteiger partial charge in [0, 0.05) is 23.6 Å². The molecule has 7 heteroatoms. The second kappa shape index (κ2) is 7.68. The van der Waals surface area contributed by atoms with Gasteiger partial charge in [-0.3, -0.25) is 14.2 Å². The predicted molar refractivity (Wildman–Crippen MR) is 118 cm³/mol. The number of amides is 1. The number of aromatic nitrogens is 2. The summed E-state index contributed by atoms with van der Waals surface area (Å²) in [4.78, 5) is 31.4. The number of fused-ring (bicyclic) bond motifs is 2. The summed E-state index contributed by atoms with van der Waals surface area (Å²) in [7, 11) is 0. The van der Waals surface area contributed by atoms with Crippen LogP contribution in [0.3, 0.4) is 0 Å². The van der Waals surface area contributed by atoms with Crippen LogP contribution < -0.4 is 15.8 Å². The summed E-state index contributed by atoms with van der Waals surface area (Å²) in [6.45, 7) is 0.711. The molecule has 3 aromatic carbocycles. The van der Waals surface area contributed by atoms with Gasteiger partial charge >= 0.3 is 0 Å². The minimum absolute atomic E-state index is 0.144. The molecule has 0 atom stereocenters. The van der Waals surface area contributed by atoms with Crippen LogP contribution in [0.4, 0.5) is 21.5 Å². The van der Waals surface area contributed by atoms with Crippen LogP contribution in [0.5, 0.6) is 0 Å². The molecule has 1 aromatic heterocycles. The number of halogens is 1. The lowest BCUT2D eigenvalue weighted by atomic mass is 10.2. The Bertz CT molecular complexity index is 1350. The van der Waals surface area contributed by atoms with Gasteiger partial charge in [-0.25, -0.2) is 9.37 Å². The summed E-state index contributed by atoms with van der Waals surface area (Å²) in [5.41, 5.74) is 4.16. The molecule has 2 heterocycles. The van der Waals surface area contributed by atoms with E-state index in [1.165, 1.54) is 34.3 Å². The maximum Gasteiger partial charge on any atom is 0.261 e. The number of nitrogens with zero attached hydrogens (tertiary/aromatic N) is 3. The molecule has 6 nitrogen and oxygen atoms in total. The highest BCUT2D eigenvalue weighted by molar-refractivity contribution is 5.91. The van der Waals surface area contributed by atoms with Gasteiger partial charge in [-0.05, 0) is 60.5 Å². The van der Waals surface area contributed by atoms with Crippen LogP contribution in [0.15, 0.2) is 77.9 Å². The van der Waals surface area contributed by atoms with E-state index in [1.54, 1.807) is 0 Å². The van der Waals surface area contributed by atoms with Crippen LogP contribution in [-0.2, 0) is 17.8 Å². The number of hydrogen-bond acceptors (Lipinski definition) is 4. The van der Waals surface area contributed by atoms with E-state index >= 15 is 0 Å². The molecule has 5 rings (SSSR count). The van der Waals surface area contributed by atoms with Crippen molar-refractivity contribution in [1.82, 2.24) is 9.55 Å². The van der Waals surface area contributed by atoms with E-state index in [4.69, 9.17) is 0 Å². The van der Waals surface area contributed by atoms with Crippen molar-refractivity contribution >= 4 is 33.9 Å². The normalized spacial score (nSPS) is 12.7. The van der Waals surface area contributed by atoms with Crippen molar-refractivity contribution in [2.45, 2.75) is 13.0 Å². The van der Waals surface area contributed by atoms with Gasteiger partial charge in [0.15, 0.2) is 0 Å². The van der Waals surface area contributed by atoms with Crippen molar-refractivity contribution in [1.29, 1.82) is 0 Å². The van der Waals surface area contributed by atoms with E-state index in [-0.39, 0.29) is 17.8 Å². The van der Waals surface area contributed by atoms with Gasteiger partial charge in [0.25, 0.3) is 5.56 Å². The summed E-state index contributed by atoms with van der Waals surface area (Å²) in [5, 5.41) is 2.94. The number of carbonyl (C=O) groups excluding carboxylic acids is 1. The van der Waals surface area contributed by atoms with Crippen LogP contribution in [0, 0.1) is 5.82 Å². The average molecular weight is 414 g/mol. The molecule has 1 aliphatic rings. The number of para-hydroxylation sites is 1. The Hall–Kier alpha value is -4.00. The summed E-state index contributed by atoms with van der Waals surface area (Å²) in [6, 6.07) is 19.8. The fourth-order valence-electron chi connectivity index (χ4n) is 3.93. The van der Waals surface area contributed by atoms with E-state index in [1.807, 2.05) is 36.4 Å². The largest absolute Gasteiger partial charge is 0.341 e. The van der Waals surface area contributed by atoms with Gasteiger partial charge < -0.3 is 10.2 Å². The Kier molecular flexibility index (Phi) is 4.71. The minimum atomic E-state index is -0.519. The number of anilines is 3. The fraction of sp³-hybridized carbons (Fsp3) is 0.125. The third kappa shape index (κ3) is 3.66. The quantitative estimate of drug-likeness (QED) is 0.551. The zero-order valence-corrected chi connectivity index (χ0v) is 16.6. The van der Waals surface area contributed by atoms with Crippen molar-refractivity contribution in [3.8, 4) is 0 Å². The molecule has 0 saturated heterocycles. The highest BCUT2D eigenvalue weighted by Gasteiger charge is 2.19. The highest BCUT2D eigenvalue weighted by Crippen LogP contribution is 2.34. The monoisotopic (exact) mass is 414 g/mol. The molecular weight excluding hydrogens is 395 g/mol. The smallest absolute Gasteiger partial charge is 0.261 e. The molecule has 1 amide bonds. The van der Waals surface area contributed by atoms with Gasteiger partial charge in [0.05, 0.1) is 17.2 Å². The van der Waals surface area contributed by atoms with E-state index in [9.17, 15) is 14.0 Å². The lowest BCUT2D eigenvalue weighted by molar-refractivity contribution is -0.116. The third-order valence-corrected chi connectivity index (χ3v) is 5.45. The van der Waals surface area contributed by atoms with Crippen LogP contribution in [0.2, 0.25) is 0 Å². The molecule has 154 valence electrons. The summed E-state index contributed by atoms with van der Waals surface area (Å²) in [5.74, 6) is -0.881. The highest BCUT2D eigenvalue weighted by atomic mass is 19.1. The van der Waals surface area contributed by atoms with E-state index in [2.05, 4.69) is 27.3 Å². The Morgan fingerprint density at radius 1 is 1.06 bits per heavy atom. The molecule has 4 aromatic rings. The molecule has 0 radical (unpaired) electrons. The Labute approximate surface area is 177 Å². The van der Waals surface area contributed by atoms with Crippen LogP contribution in [0.25, 0.3) is 10.9 Å². The molecule has 0 aliphatic carbocycles. The standard InChI is InChI=1S/C24H19FN4O2/c25-17-5-10-21-20(13-17)24(31)28(15-26-21)14-23(30)27-18-6-8-19(9-7-18)29-12-11-16-3-1-2-4-22(16)29/h1-10,13,15H,11-12,14H2,(H,27,30). The van der Waals surface area contributed by atoms with E-state index < -0.39 is 11.4 Å². The first-order valence-electron chi connectivity index (χ1n) is 9.98. The molecule has 0 bridgehead atoms. The molecule has 1 N–H and O–H groups in total. The molecule has 0 unspecified atom stereocenters. The van der Waals surface area contributed by atoms with Crippen molar-refractivity contribution in [2.24, 2.45) is 0 Å². The number of nitrogens with one attached hydrogen (secondary N) is 1. The lowest BCUT2D eigenvalue weighted by Gasteiger charge is -2.20. The number of carbonyl (C=O) groups is 1. The van der Waals surface area contributed by atoms with Crippen molar-refractivity contribution in [3.05, 3.63) is 94.8 Å². The van der Waals surface area contributed by atoms with Gasteiger partial charge in [0.2, 0.25) is 5.91 Å². The topological polar surface area (TPSA) is 67.2 Å². The first kappa shape index (κ1) is 19.0. The Morgan fingerprint density at radius 3 is 2.71 bits per heavy atom. The summed E-state index contributed by atoms with van der Waals surface area (Å²) < 4.78 is 14.6. The van der Waals surface area contributed by atoms with Crippen molar-refractivity contribution < 1.29 is 9.18 Å².